The van der Waals surface area contributed by atoms with Crippen LogP contribution in [0.15, 0.2) is 63.6 Å². The van der Waals surface area contributed by atoms with Gasteiger partial charge in [-0.15, -0.1) is 11.3 Å². The molecule has 0 atom stereocenters. The van der Waals surface area contributed by atoms with Crippen LogP contribution in [-0.2, 0) is 17.1 Å². The number of aromatic nitrogens is 3. The number of benzene rings is 2. The molecule has 34 heavy (non-hydrogen) atoms. The zero-order chi connectivity index (χ0) is 24.6. The van der Waals surface area contributed by atoms with Gasteiger partial charge in [0.15, 0.2) is 5.13 Å². The molecule has 0 aliphatic rings. The molecule has 4 aromatic rings. The first-order valence-corrected chi connectivity index (χ1v) is 12.7. The number of carbonyl (C=O) groups is 1. The Balaban J connectivity index is 1.68. The molecule has 0 spiro atoms. The zero-order valence-corrected chi connectivity index (χ0v) is 20.6. The van der Waals surface area contributed by atoms with E-state index in [1.54, 1.807) is 61.3 Å². The van der Waals surface area contributed by atoms with Crippen molar-refractivity contribution in [1.82, 2.24) is 14.3 Å². The number of aryl methyl sites for hydroxylation is 2. The molecule has 2 aromatic carbocycles. The van der Waals surface area contributed by atoms with Crippen molar-refractivity contribution in [2.45, 2.75) is 25.7 Å². The smallest absolute Gasteiger partial charge is 0.296 e. The topological polar surface area (TPSA) is 115 Å². The minimum absolute atomic E-state index is 0.0591. The second-order valence-corrected chi connectivity index (χ2v) is 10.3. The Kier molecular flexibility index (Phi) is 6.15. The summed E-state index contributed by atoms with van der Waals surface area (Å²) < 4.78 is 31.8. The molecule has 2 N–H and O–H groups in total. The molecule has 0 aliphatic heterocycles. The molecular formula is C23H23N5O4S2. The average molecular weight is 498 g/mol. The summed E-state index contributed by atoms with van der Waals surface area (Å²) in [6.45, 7) is 5.18. The molecule has 11 heteroatoms. The molecule has 0 unspecified atom stereocenters. The molecule has 0 fully saturated rings. The number of hydrogen-bond donors (Lipinski definition) is 2. The number of thiazole rings is 1. The maximum absolute atomic E-state index is 13.2. The van der Waals surface area contributed by atoms with Gasteiger partial charge >= 0.3 is 0 Å². The number of sulfonamides is 1. The maximum Gasteiger partial charge on any atom is 0.296 e. The van der Waals surface area contributed by atoms with E-state index in [0.29, 0.717) is 22.1 Å². The summed E-state index contributed by atoms with van der Waals surface area (Å²) in [5.74, 6) is -0.466. The molecule has 0 radical (unpaired) electrons. The van der Waals surface area contributed by atoms with Gasteiger partial charge < -0.3 is 0 Å². The lowest BCUT2D eigenvalue weighted by Gasteiger charge is -2.10. The predicted molar refractivity (Wildman–Crippen MR) is 133 cm³/mol. The Bertz CT molecular complexity index is 1550. The van der Waals surface area contributed by atoms with Crippen LogP contribution in [0.2, 0.25) is 0 Å². The monoisotopic (exact) mass is 497 g/mol. The minimum Gasteiger partial charge on any atom is -0.298 e. The summed E-state index contributed by atoms with van der Waals surface area (Å²) in [7, 11) is -2.48. The number of nitrogens with one attached hydrogen (secondary N) is 2. The SMILES string of the molecule is Cc1csc(NC(=O)c2cc(S(=O)(=O)Nc3c(C)n(C)n(-c4ccccc4)c3=O)ccc2C)n1. The summed E-state index contributed by atoms with van der Waals surface area (Å²) in [5.41, 5.74) is 2.07. The Morgan fingerprint density at radius 1 is 1.06 bits per heavy atom. The van der Waals surface area contributed by atoms with E-state index in [9.17, 15) is 18.0 Å². The van der Waals surface area contributed by atoms with Gasteiger partial charge in [-0.05, 0) is 50.6 Å². The number of anilines is 2. The number of carbonyl (C=O) groups excluding carboxylic acids is 1. The third-order valence-corrected chi connectivity index (χ3v) is 7.62. The summed E-state index contributed by atoms with van der Waals surface area (Å²) in [4.78, 5) is 30.0. The van der Waals surface area contributed by atoms with Crippen molar-refractivity contribution >= 4 is 38.1 Å². The van der Waals surface area contributed by atoms with Gasteiger partial charge in [0.05, 0.1) is 22.0 Å². The fourth-order valence-corrected chi connectivity index (χ4v) is 5.29. The minimum atomic E-state index is -4.16. The molecule has 0 aliphatic carbocycles. The third-order valence-electron chi connectivity index (χ3n) is 5.39. The van der Waals surface area contributed by atoms with Crippen molar-refractivity contribution in [2.24, 2.45) is 7.05 Å². The van der Waals surface area contributed by atoms with Crippen LogP contribution in [0.5, 0.6) is 0 Å². The van der Waals surface area contributed by atoms with Crippen molar-refractivity contribution in [3.05, 3.63) is 86.8 Å². The first-order valence-electron chi connectivity index (χ1n) is 10.3. The summed E-state index contributed by atoms with van der Waals surface area (Å²) in [6, 6.07) is 13.2. The predicted octanol–water partition coefficient (Wildman–Crippen LogP) is 3.61. The normalized spacial score (nSPS) is 11.4. The van der Waals surface area contributed by atoms with E-state index in [-0.39, 0.29) is 16.1 Å². The molecule has 176 valence electrons. The van der Waals surface area contributed by atoms with Gasteiger partial charge in [-0.1, -0.05) is 24.3 Å². The standard InChI is InChI=1S/C23H23N5O4S2/c1-14-10-11-18(12-19(14)21(29)25-23-24-15(2)13-33-23)34(31,32)26-20-16(3)27(4)28(22(20)30)17-8-6-5-7-9-17/h5-13,26H,1-4H3,(H,24,25,29). The lowest BCUT2D eigenvalue weighted by Crippen LogP contribution is -2.23. The van der Waals surface area contributed by atoms with Crippen molar-refractivity contribution in [1.29, 1.82) is 0 Å². The summed E-state index contributed by atoms with van der Waals surface area (Å²) in [5, 5.41) is 4.92. The molecule has 2 aromatic heterocycles. The molecule has 1 amide bonds. The van der Waals surface area contributed by atoms with E-state index in [2.05, 4.69) is 15.0 Å². The van der Waals surface area contributed by atoms with Gasteiger partial charge in [0.2, 0.25) is 0 Å². The highest BCUT2D eigenvalue weighted by atomic mass is 32.2. The van der Waals surface area contributed by atoms with E-state index in [1.165, 1.54) is 28.2 Å². The van der Waals surface area contributed by atoms with Crippen LogP contribution in [0.1, 0.15) is 27.3 Å². The van der Waals surface area contributed by atoms with Crippen LogP contribution >= 0.6 is 11.3 Å². The Morgan fingerprint density at radius 3 is 2.41 bits per heavy atom. The van der Waals surface area contributed by atoms with Crippen molar-refractivity contribution in [3.8, 4) is 5.69 Å². The van der Waals surface area contributed by atoms with E-state index in [1.807, 2.05) is 13.0 Å². The molecule has 2 heterocycles. The Morgan fingerprint density at radius 2 is 1.76 bits per heavy atom. The van der Waals surface area contributed by atoms with Crippen LogP contribution in [0.25, 0.3) is 5.69 Å². The first kappa shape index (κ1) is 23.5. The summed E-state index contributed by atoms with van der Waals surface area (Å²) >= 11 is 1.28. The molecule has 0 bridgehead atoms. The number of amides is 1. The van der Waals surface area contributed by atoms with Crippen molar-refractivity contribution < 1.29 is 13.2 Å². The van der Waals surface area contributed by atoms with Gasteiger partial charge in [-0.25, -0.2) is 18.1 Å². The number of nitrogens with zero attached hydrogens (tertiary/aromatic N) is 3. The van der Waals surface area contributed by atoms with E-state index >= 15 is 0 Å². The zero-order valence-electron chi connectivity index (χ0n) is 19.0. The van der Waals surface area contributed by atoms with Gasteiger partial charge in [-0.2, -0.15) is 0 Å². The van der Waals surface area contributed by atoms with Crippen LogP contribution in [-0.4, -0.2) is 28.7 Å². The fourth-order valence-electron chi connectivity index (χ4n) is 3.47. The Labute approximate surface area is 200 Å². The van der Waals surface area contributed by atoms with Crippen molar-refractivity contribution in [3.63, 3.8) is 0 Å². The molecule has 0 saturated heterocycles. The van der Waals surface area contributed by atoms with E-state index < -0.39 is 21.5 Å². The van der Waals surface area contributed by atoms with Crippen LogP contribution in [0.4, 0.5) is 10.8 Å². The molecule has 9 nitrogen and oxygen atoms in total. The lowest BCUT2D eigenvalue weighted by atomic mass is 10.1. The quantitative estimate of drug-likeness (QED) is 0.422. The van der Waals surface area contributed by atoms with Crippen LogP contribution in [0.3, 0.4) is 0 Å². The van der Waals surface area contributed by atoms with Gasteiger partial charge in [0.25, 0.3) is 21.5 Å². The second kappa shape index (κ2) is 8.92. The van der Waals surface area contributed by atoms with E-state index in [4.69, 9.17) is 0 Å². The van der Waals surface area contributed by atoms with Gasteiger partial charge in [0.1, 0.15) is 5.69 Å². The highest BCUT2D eigenvalue weighted by Gasteiger charge is 2.24. The van der Waals surface area contributed by atoms with Gasteiger partial charge in [0, 0.05) is 18.0 Å². The highest BCUT2D eigenvalue weighted by molar-refractivity contribution is 7.92. The largest absolute Gasteiger partial charge is 0.298 e. The highest BCUT2D eigenvalue weighted by Crippen LogP contribution is 2.22. The van der Waals surface area contributed by atoms with E-state index in [0.717, 1.165) is 5.69 Å². The third kappa shape index (κ3) is 4.39. The first-order chi connectivity index (χ1) is 16.1. The van der Waals surface area contributed by atoms with Crippen LogP contribution < -0.4 is 15.6 Å². The maximum atomic E-state index is 13.2. The van der Waals surface area contributed by atoms with Crippen LogP contribution in [0, 0.1) is 20.8 Å². The number of hydrogen-bond acceptors (Lipinski definition) is 6. The number of para-hydroxylation sites is 1. The fraction of sp³-hybridized carbons (Fsp3) is 0.174. The number of rotatable bonds is 6. The molecular weight excluding hydrogens is 474 g/mol. The van der Waals surface area contributed by atoms with Gasteiger partial charge in [-0.3, -0.25) is 24.3 Å². The summed E-state index contributed by atoms with van der Waals surface area (Å²) in [6.07, 6.45) is 0. The lowest BCUT2D eigenvalue weighted by molar-refractivity contribution is 0.102. The van der Waals surface area contributed by atoms with Crippen molar-refractivity contribution in [2.75, 3.05) is 10.0 Å². The molecule has 0 saturated carbocycles. The second-order valence-electron chi connectivity index (χ2n) is 7.77. The average Bonchev–Trinajstić information content (AvgIpc) is 3.30. The molecule has 4 rings (SSSR count). The Hall–Kier alpha value is -3.70.